The number of nitrogens with one attached hydrogen (secondary N) is 1. The van der Waals surface area contributed by atoms with Crippen LogP contribution in [-0.4, -0.2) is 27.5 Å². The number of rotatable bonds is 4. The quantitative estimate of drug-likeness (QED) is 0.864. The third kappa shape index (κ3) is 2.50. The highest BCUT2D eigenvalue weighted by molar-refractivity contribution is 9.10. The number of halogens is 1. The van der Waals surface area contributed by atoms with Crippen LogP contribution >= 0.6 is 38.6 Å². The number of nitrogens with zero attached hydrogens (tertiary/aromatic N) is 1. The lowest BCUT2D eigenvalue weighted by Gasteiger charge is -2.10. The Morgan fingerprint density at radius 3 is 2.65 bits per heavy atom. The molecule has 0 atom stereocenters. The van der Waals surface area contributed by atoms with Crippen molar-refractivity contribution >= 4 is 50.5 Å². The third-order valence-corrected chi connectivity index (χ3v) is 5.73. The second-order valence-corrected chi connectivity index (χ2v) is 7.19. The maximum atomic E-state index is 12.0. The van der Waals surface area contributed by atoms with Gasteiger partial charge in [-0.15, -0.1) is 22.7 Å². The van der Waals surface area contributed by atoms with Crippen molar-refractivity contribution in [2.45, 2.75) is 18.4 Å². The normalized spacial score (nSPS) is 15.8. The fraction of sp³-hybridized carbons (Fsp3) is 0.250. The zero-order chi connectivity index (χ0) is 14.3. The molecule has 2 N–H and O–H groups in total. The molecule has 2 heterocycles. The molecule has 1 saturated carbocycles. The van der Waals surface area contributed by atoms with Gasteiger partial charge in [0.15, 0.2) is 0 Å². The van der Waals surface area contributed by atoms with Crippen LogP contribution in [-0.2, 0) is 4.79 Å². The molecule has 3 rings (SSSR count). The number of carboxylic acid groups (broad SMARTS) is 1. The summed E-state index contributed by atoms with van der Waals surface area (Å²) in [7, 11) is 0. The number of aromatic nitrogens is 1. The van der Waals surface area contributed by atoms with E-state index < -0.39 is 17.4 Å². The number of thiophene rings is 1. The Labute approximate surface area is 130 Å². The molecule has 2 aromatic rings. The molecule has 0 spiro atoms. The summed E-state index contributed by atoms with van der Waals surface area (Å²) >= 11 is 6.27. The van der Waals surface area contributed by atoms with Gasteiger partial charge in [-0.25, -0.2) is 9.78 Å². The van der Waals surface area contributed by atoms with Crippen molar-refractivity contribution in [2.24, 2.45) is 0 Å². The number of amides is 1. The Kier molecular flexibility index (Phi) is 3.39. The van der Waals surface area contributed by atoms with Crippen LogP contribution in [0.25, 0.3) is 9.88 Å². The standard InChI is InChI=1S/C12H9BrN2O3S2/c13-6-3-8(19-4-6)10-14-7(5-20-10)9(16)15-12(1-2-12)11(17)18/h3-5H,1-2H2,(H,15,16)(H,17,18). The fourth-order valence-electron chi connectivity index (χ4n) is 1.72. The maximum Gasteiger partial charge on any atom is 0.329 e. The van der Waals surface area contributed by atoms with E-state index in [0.29, 0.717) is 12.8 Å². The van der Waals surface area contributed by atoms with Crippen LogP contribution in [0.5, 0.6) is 0 Å². The van der Waals surface area contributed by atoms with Crippen LogP contribution in [0, 0.1) is 0 Å². The number of carboxylic acids is 1. The van der Waals surface area contributed by atoms with Crippen molar-refractivity contribution in [3.05, 3.63) is 27.0 Å². The Hall–Kier alpha value is -1.25. The van der Waals surface area contributed by atoms with E-state index >= 15 is 0 Å². The maximum absolute atomic E-state index is 12.0. The molecular formula is C12H9BrN2O3S2. The minimum atomic E-state index is -1.08. The van der Waals surface area contributed by atoms with E-state index in [9.17, 15) is 9.59 Å². The van der Waals surface area contributed by atoms with Gasteiger partial charge in [-0.1, -0.05) is 0 Å². The fourth-order valence-corrected chi connectivity index (χ4v) is 4.02. The summed E-state index contributed by atoms with van der Waals surface area (Å²) in [6.07, 6.45) is 0.950. The second-order valence-electron chi connectivity index (χ2n) is 4.51. The Bertz CT molecular complexity index is 690. The first-order valence-corrected chi connectivity index (χ1v) is 8.31. The predicted octanol–water partition coefficient (Wildman–Crippen LogP) is 2.98. The van der Waals surface area contributed by atoms with Gasteiger partial charge in [0.2, 0.25) is 0 Å². The van der Waals surface area contributed by atoms with Gasteiger partial charge >= 0.3 is 5.97 Å². The van der Waals surface area contributed by atoms with Crippen LogP contribution < -0.4 is 5.32 Å². The molecule has 0 unspecified atom stereocenters. The Balaban J connectivity index is 1.77. The van der Waals surface area contributed by atoms with Crippen molar-refractivity contribution in [1.82, 2.24) is 10.3 Å². The topological polar surface area (TPSA) is 79.3 Å². The molecule has 8 heteroatoms. The van der Waals surface area contributed by atoms with Crippen LogP contribution in [0.2, 0.25) is 0 Å². The van der Waals surface area contributed by atoms with Gasteiger partial charge in [-0.3, -0.25) is 4.79 Å². The molecular weight excluding hydrogens is 364 g/mol. The van der Waals surface area contributed by atoms with Crippen molar-refractivity contribution in [1.29, 1.82) is 0 Å². The lowest BCUT2D eigenvalue weighted by Crippen LogP contribution is -2.43. The van der Waals surface area contributed by atoms with E-state index in [1.165, 1.54) is 22.7 Å². The minimum absolute atomic E-state index is 0.266. The van der Waals surface area contributed by atoms with Crippen LogP contribution in [0.1, 0.15) is 23.3 Å². The smallest absolute Gasteiger partial charge is 0.329 e. The molecule has 20 heavy (non-hydrogen) atoms. The number of hydrogen-bond acceptors (Lipinski definition) is 5. The third-order valence-electron chi connectivity index (χ3n) is 3.03. The highest BCUT2D eigenvalue weighted by Gasteiger charge is 2.51. The van der Waals surface area contributed by atoms with E-state index in [1.54, 1.807) is 5.38 Å². The summed E-state index contributed by atoms with van der Waals surface area (Å²) < 4.78 is 0.974. The van der Waals surface area contributed by atoms with E-state index in [0.717, 1.165) is 14.4 Å². The molecule has 0 bridgehead atoms. The molecule has 0 aliphatic heterocycles. The van der Waals surface area contributed by atoms with Gasteiger partial charge in [-0.05, 0) is 34.8 Å². The largest absolute Gasteiger partial charge is 0.480 e. The van der Waals surface area contributed by atoms with Crippen molar-refractivity contribution < 1.29 is 14.7 Å². The molecule has 1 amide bonds. The summed E-state index contributed by atoms with van der Waals surface area (Å²) in [4.78, 5) is 28.3. The van der Waals surface area contributed by atoms with Crippen molar-refractivity contribution in [2.75, 3.05) is 0 Å². The number of aliphatic carboxylic acids is 1. The monoisotopic (exact) mass is 372 g/mol. The second kappa shape index (κ2) is 4.94. The zero-order valence-electron chi connectivity index (χ0n) is 10.1. The number of hydrogen-bond donors (Lipinski definition) is 2. The van der Waals surface area contributed by atoms with E-state index in [1.807, 2.05) is 11.4 Å². The average molecular weight is 373 g/mol. The van der Waals surface area contributed by atoms with Gasteiger partial charge in [0, 0.05) is 15.2 Å². The predicted molar refractivity (Wildman–Crippen MR) is 80.2 cm³/mol. The molecule has 1 fully saturated rings. The van der Waals surface area contributed by atoms with Crippen LogP contribution in [0.15, 0.2) is 21.3 Å². The van der Waals surface area contributed by atoms with Gasteiger partial charge in [0.05, 0.1) is 4.88 Å². The van der Waals surface area contributed by atoms with Gasteiger partial charge in [-0.2, -0.15) is 0 Å². The highest BCUT2D eigenvalue weighted by Crippen LogP contribution is 2.36. The Morgan fingerprint density at radius 2 is 2.10 bits per heavy atom. The summed E-state index contributed by atoms with van der Waals surface area (Å²) in [6, 6.07) is 1.94. The minimum Gasteiger partial charge on any atom is -0.480 e. The van der Waals surface area contributed by atoms with Gasteiger partial charge < -0.3 is 10.4 Å². The van der Waals surface area contributed by atoms with E-state index in [2.05, 4.69) is 26.2 Å². The van der Waals surface area contributed by atoms with E-state index in [4.69, 9.17) is 5.11 Å². The number of carbonyl (C=O) groups is 2. The van der Waals surface area contributed by atoms with Crippen molar-refractivity contribution in [3.8, 4) is 9.88 Å². The SMILES string of the molecule is O=C(NC1(C(=O)O)CC1)c1csc(-c2cc(Br)cs2)n1. The van der Waals surface area contributed by atoms with E-state index in [-0.39, 0.29) is 5.69 Å². The number of carbonyl (C=O) groups excluding carboxylic acids is 1. The first-order valence-electron chi connectivity index (χ1n) is 5.76. The average Bonchev–Trinajstić information content (AvgIpc) is 2.86. The first kappa shape index (κ1) is 13.7. The van der Waals surface area contributed by atoms with Crippen LogP contribution in [0.4, 0.5) is 0 Å². The van der Waals surface area contributed by atoms with Gasteiger partial charge in [0.1, 0.15) is 16.2 Å². The zero-order valence-corrected chi connectivity index (χ0v) is 13.3. The molecule has 1 aliphatic rings. The molecule has 0 saturated heterocycles. The lowest BCUT2D eigenvalue weighted by atomic mass is 10.2. The molecule has 104 valence electrons. The molecule has 0 aromatic carbocycles. The van der Waals surface area contributed by atoms with Crippen LogP contribution in [0.3, 0.4) is 0 Å². The summed E-state index contributed by atoms with van der Waals surface area (Å²) in [5, 5.41) is 16.0. The Morgan fingerprint density at radius 1 is 1.35 bits per heavy atom. The summed E-state index contributed by atoms with van der Waals surface area (Å²) in [5.41, 5.74) is -0.811. The first-order chi connectivity index (χ1) is 9.50. The molecule has 5 nitrogen and oxygen atoms in total. The highest BCUT2D eigenvalue weighted by atomic mass is 79.9. The van der Waals surface area contributed by atoms with Gasteiger partial charge in [0.25, 0.3) is 5.91 Å². The summed E-state index contributed by atoms with van der Waals surface area (Å²) in [5.74, 6) is -1.41. The van der Waals surface area contributed by atoms with Crippen molar-refractivity contribution in [3.63, 3.8) is 0 Å². The number of thiazole rings is 1. The molecule has 1 aliphatic carbocycles. The summed E-state index contributed by atoms with van der Waals surface area (Å²) in [6.45, 7) is 0. The lowest BCUT2D eigenvalue weighted by molar-refractivity contribution is -0.140. The molecule has 0 radical (unpaired) electrons. The molecule has 2 aromatic heterocycles.